The summed E-state index contributed by atoms with van der Waals surface area (Å²) in [5, 5.41) is 0. The first-order valence-corrected chi connectivity index (χ1v) is 31.8. The molecule has 1 atom stereocenters. The number of rotatable bonds is 58. The van der Waals surface area contributed by atoms with Gasteiger partial charge in [0.05, 0.1) is 6.61 Å². The van der Waals surface area contributed by atoms with Gasteiger partial charge < -0.3 is 14.2 Å². The van der Waals surface area contributed by atoms with E-state index in [0.29, 0.717) is 25.9 Å². The highest BCUT2D eigenvalue weighted by Gasteiger charge is 2.17. The van der Waals surface area contributed by atoms with Crippen molar-refractivity contribution in [3.05, 3.63) is 97.2 Å². The van der Waals surface area contributed by atoms with Gasteiger partial charge in [0.2, 0.25) is 0 Å². The van der Waals surface area contributed by atoms with Crippen molar-refractivity contribution in [2.45, 2.75) is 309 Å². The number of esters is 2. The second-order valence-corrected chi connectivity index (χ2v) is 20.9. The lowest BCUT2D eigenvalue weighted by atomic mass is 10.0. The molecule has 0 saturated carbocycles. The van der Waals surface area contributed by atoms with Crippen molar-refractivity contribution in [1.29, 1.82) is 0 Å². The fourth-order valence-corrected chi connectivity index (χ4v) is 8.92. The van der Waals surface area contributed by atoms with E-state index in [2.05, 4.69) is 112 Å². The van der Waals surface area contributed by atoms with Crippen molar-refractivity contribution >= 4 is 11.9 Å². The highest BCUT2D eigenvalue weighted by Crippen LogP contribution is 2.16. The maximum atomic E-state index is 12.9. The van der Waals surface area contributed by atoms with E-state index >= 15 is 0 Å². The van der Waals surface area contributed by atoms with Crippen LogP contribution in [0.4, 0.5) is 0 Å². The van der Waals surface area contributed by atoms with Crippen molar-refractivity contribution in [1.82, 2.24) is 0 Å². The summed E-state index contributed by atoms with van der Waals surface area (Å²) in [4.78, 5) is 25.6. The van der Waals surface area contributed by atoms with E-state index in [0.717, 1.165) is 77.0 Å². The summed E-state index contributed by atoms with van der Waals surface area (Å²) in [5.41, 5.74) is 0. The van der Waals surface area contributed by atoms with Crippen LogP contribution >= 0.6 is 0 Å². The Kier molecular flexibility index (Phi) is 61.4. The van der Waals surface area contributed by atoms with Crippen LogP contribution in [0.5, 0.6) is 0 Å². The van der Waals surface area contributed by atoms with Crippen molar-refractivity contribution in [2.24, 2.45) is 0 Å². The second-order valence-electron chi connectivity index (χ2n) is 20.9. The molecule has 0 amide bonds. The molecule has 0 bridgehead atoms. The van der Waals surface area contributed by atoms with Gasteiger partial charge in [0, 0.05) is 19.4 Å². The molecule has 0 aliphatic rings. The van der Waals surface area contributed by atoms with Crippen molar-refractivity contribution < 1.29 is 23.8 Å². The highest BCUT2D eigenvalue weighted by molar-refractivity contribution is 5.70. The minimum Gasteiger partial charge on any atom is -0.462 e. The molecule has 0 aromatic rings. The standard InChI is InChI=1S/C69H120O5/c1-4-7-10-13-16-19-22-25-28-31-34-37-40-43-46-49-52-55-58-61-64-72-65-67(74-69(71)63-60-57-54-51-48-45-42-39-36-33-30-27-24-21-18-15-12-9-6-3)66-73-68(70)62-59-56-53-50-47-44-41-38-35-32-29-26-23-20-17-14-11-8-5-2/h8,11,17-18,20-21,26-27,29-30,35,38,44,47,53,56,67H,4-7,9-10,12-16,19,22-25,28,31-34,36-37,39-43,45-46,48-52,54-55,57-66H2,1-3H3/b11-8-,20-17-,21-18-,29-26-,30-27-,38-35-,47-44-,56-53-. The number of ether oxygens (including phenoxy) is 3. The van der Waals surface area contributed by atoms with E-state index in [4.69, 9.17) is 14.2 Å². The third-order valence-electron chi connectivity index (χ3n) is 13.6. The maximum absolute atomic E-state index is 12.9. The SMILES string of the molecule is CC/C=C\C/C=C\C/C=C\C/C=C\C/C=C\C/C=C\CCC(=O)OCC(COCCCCCCCCCCCCCCCCCCCCCC)OC(=O)CCCCCCCCCCC/C=C\C/C=C\CCCCC. The van der Waals surface area contributed by atoms with Crippen LogP contribution < -0.4 is 0 Å². The monoisotopic (exact) mass is 1030 g/mol. The molecule has 0 radical (unpaired) electrons. The zero-order valence-corrected chi connectivity index (χ0v) is 49.1. The molecule has 0 aromatic carbocycles. The number of carbonyl (C=O) groups is 2. The number of hydrogen-bond donors (Lipinski definition) is 0. The first-order valence-electron chi connectivity index (χ1n) is 31.8. The van der Waals surface area contributed by atoms with E-state index in [1.807, 2.05) is 6.08 Å². The van der Waals surface area contributed by atoms with Crippen molar-refractivity contribution in [2.75, 3.05) is 19.8 Å². The Morgan fingerprint density at radius 1 is 0.311 bits per heavy atom. The van der Waals surface area contributed by atoms with Crippen LogP contribution in [0.15, 0.2) is 97.2 Å². The lowest BCUT2D eigenvalue weighted by Gasteiger charge is -2.18. The Labute approximate surface area is 460 Å². The highest BCUT2D eigenvalue weighted by atomic mass is 16.6. The second kappa shape index (κ2) is 64.1. The third kappa shape index (κ3) is 61.4. The summed E-state index contributed by atoms with van der Waals surface area (Å²) < 4.78 is 17.5. The number of allylic oxidation sites excluding steroid dienone is 16. The maximum Gasteiger partial charge on any atom is 0.306 e. The lowest BCUT2D eigenvalue weighted by molar-refractivity contribution is -0.162. The predicted molar refractivity (Wildman–Crippen MR) is 325 cm³/mol. The van der Waals surface area contributed by atoms with Crippen LogP contribution in [-0.2, 0) is 23.8 Å². The molecule has 5 heteroatoms. The van der Waals surface area contributed by atoms with Crippen molar-refractivity contribution in [3.63, 3.8) is 0 Å². The number of unbranched alkanes of at least 4 members (excludes halogenated alkanes) is 31. The van der Waals surface area contributed by atoms with Gasteiger partial charge in [-0.1, -0.05) is 298 Å². The zero-order valence-electron chi connectivity index (χ0n) is 49.1. The molecular formula is C69H120O5. The summed E-state index contributed by atoms with van der Waals surface area (Å²) in [6, 6.07) is 0. The first kappa shape index (κ1) is 70.8. The first-order chi connectivity index (χ1) is 36.6. The van der Waals surface area contributed by atoms with Crippen LogP contribution in [0.3, 0.4) is 0 Å². The van der Waals surface area contributed by atoms with Crippen LogP contribution in [0.2, 0.25) is 0 Å². The number of hydrogen-bond acceptors (Lipinski definition) is 5. The van der Waals surface area contributed by atoms with E-state index in [-0.39, 0.29) is 25.2 Å². The molecule has 0 rings (SSSR count). The fraction of sp³-hybridized carbons (Fsp3) is 0.739. The fourth-order valence-electron chi connectivity index (χ4n) is 8.92. The molecule has 0 fully saturated rings. The molecule has 0 aliphatic carbocycles. The average Bonchev–Trinajstić information content (AvgIpc) is 3.40. The van der Waals surface area contributed by atoms with Crippen LogP contribution in [0.1, 0.15) is 303 Å². The molecule has 5 nitrogen and oxygen atoms in total. The van der Waals surface area contributed by atoms with E-state index in [9.17, 15) is 9.59 Å². The molecule has 0 heterocycles. The summed E-state index contributed by atoms with van der Waals surface area (Å²) in [5.74, 6) is -0.489. The minimum absolute atomic E-state index is 0.0421. The van der Waals surface area contributed by atoms with E-state index in [1.165, 1.54) is 186 Å². The molecule has 0 saturated heterocycles. The normalized spacial score (nSPS) is 12.9. The Morgan fingerprint density at radius 2 is 0.635 bits per heavy atom. The van der Waals surface area contributed by atoms with Crippen LogP contribution in [0, 0.1) is 0 Å². The van der Waals surface area contributed by atoms with Gasteiger partial charge in [0.15, 0.2) is 6.10 Å². The van der Waals surface area contributed by atoms with Gasteiger partial charge in [0.1, 0.15) is 6.61 Å². The molecule has 0 aliphatic heterocycles. The largest absolute Gasteiger partial charge is 0.462 e. The quantitative estimate of drug-likeness (QED) is 0.0345. The van der Waals surface area contributed by atoms with Gasteiger partial charge in [-0.15, -0.1) is 0 Å². The van der Waals surface area contributed by atoms with Gasteiger partial charge in [-0.3, -0.25) is 9.59 Å². The van der Waals surface area contributed by atoms with Crippen LogP contribution in [-0.4, -0.2) is 37.9 Å². The predicted octanol–water partition coefficient (Wildman–Crippen LogP) is 22.1. The minimum atomic E-state index is -0.574. The van der Waals surface area contributed by atoms with E-state index < -0.39 is 6.10 Å². The van der Waals surface area contributed by atoms with Gasteiger partial charge in [0.25, 0.3) is 0 Å². The van der Waals surface area contributed by atoms with Gasteiger partial charge in [-0.2, -0.15) is 0 Å². The topological polar surface area (TPSA) is 61.8 Å². The van der Waals surface area contributed by atoms with E-state index in [1.54, 1.807) is 0 Å². The Bertz CT molecular complexity index is 1400. The molecule has 0 N–H and O–H groups in total. The summed E-state index contributed by atoms with van der Waals surface area (Å²) in [6.07, 6.45) is 87.4. The lowest BCUT2D eigenvalue weighted by Crippen LogP contribution is -2.30. The van der Waals surface area contributed by atoms with Crippen LogP contribution in [0.25, 0.3) is 0 Å². The summed E-state index contributed by atoms with van der Waals surface area (Å²) >= 11 is 0. The molecular weight excluding hydrogens is 909 g/mol. The van der Waals surface area contributed by atoms with Gasteiger partial charge in [-0.25, -0.2) is 0 Å². The molecule has 426 valence electrons. The molecule has 1 unspecified atom stereocenters. The number of carbonyl (C=O) groups excluding carboxylic acids is 2. The summed E-state index contributed by atoms with van der Waals surface area (Å²) in [7, 11) is 0. The molecule has 74 heavy (non-hydrogen) atoms. The van der Waals surface area contributed by atoms with Gasteiger partial charge >= 0.3 is 11.9 Å². The van der Waals surface area contributed by atoms with Gasteiger partial charge in [-0.05, 0) is 89.9 Å². The third-order valence-corrected chi connectivity index (χ3v) is 13.6. The molecule has 0 aromatic heterocycles. The zero-order chi connectivity index (χ0) is 53.4. The van der Waals surface area contributed by atoms with Crippen molar-refractivity contribution in [3.8, 4) is 0 Å². The average molecular weight is 1030 g/mol. The summed E-state index contributed by atoms with van der Waals surface area (Å²) in [6.45, 7) is 7.65. The molecule has 0 spiro atoms. The Morgan fingerprint density at radius 3 is 1.05 bits per heavy atom. The Balaban J connectivity index is 4.37. The Hall–Kier alpha value is -3.18. The smallest absolute Gasteiger partial charge is 0.306 e.